The summed E-state index contributed by atoms with van der Waals surface area (Å²) in [5.41, 5.74) is 2.89. The molecule has 6 nitrogen and oxygen atoms in total. The Balaban J connectivity index is 1.77. The minimum Gasteiger partial charge on any atom is -0.493 e. The number of benzene rings is 3. The molecule has 4 rings (SSSR count). The monoisotopic (exact) mass is 456 g/mol. The van der Waals surface area contributed by atoms with Crippen LogP contribution in [0.5, 0.6) is 5.75 Å². The summed E-state index contributed by atoms with van der Waals surface area (Å²) in [4.78, 5) is 24.0. The van der Waals surface area contributed by atoms with E-state index in [9.17, 15) is 14.9 Å². The van der Waals surface area contributed by atoms with Gasteiger partial charge in [0.1, 0.15) is 5.75 Å². The number of hydrogen-bond acceptors (Lipinski definition) is 4. The standard InChI is InChI=1S/C23H18Cl2N2O4/c1-13-17(3-2-4-20(13)27(29)30)23(28)26-22(18-12-16(24)6-7-19(18)25)15-5-8-21-14(11-15)9-10-31-21/h2-8,11-12,22H,9-10H2,1H3,(H,26,28). The Bertz CT molecular complexity index is 1200. The zero-order valence-corrected chi connectivity index (χ0v) is 18.0. The molecule has 0 radical (unpaired) electrons. The third-order valence-corrected chi connectivity index (χ3v) is 5.92. The van der Waals surface area contributed by atoms with Crippen LogP contribution in [0.2, 0.25) is 10.0 Å². The summed E-state index contributed by atoms with van der Waals surface area (Å²) in [7, 11) is 0. The van der Waals surface area contributed by atoms with Crippen LogP contribution in [0.3, 0.4) is 0 Å². The van der Waals surface area contributed by atoms with Crippen molar-refractivity contribution in [2.45, 2.75) is 19.4 Å². The summed E-state index contributed by atoms with van der Waals surface area (Å²) in [6, 6.07) is 14.6. The van der Waals surface area contributed by atoms with Crippen LogP contribution in [0, 0.1) is 17.0 Å². The smallest absolute Gasteiger partial charge is 0.273 e. The number of halogens is 2. The number of rotatable bonds is 5. The fourth-order valence-electron chi connectivity index (χ4n) is 3.74. The number of amides is 1. The molecule has 31 heavy (non-hydrogen) atoms. The largest absolute Gasteiger partial charge is 0.493 e. The van der Waals surface area contributed by atoms with Crippen LogP contribution in [0.25, 0.3) is 0 Å². The number of nitro groups is 1. The second kappa shape index (κ2) is 8.57. The molecule has 0 bridgehead atoms. The van der Waals surface area contributed by atoms with Crippen molar-refractivity contribution in [3.8, 4) is 5.75 Å². The van der Waals surface area contributed by atoms with Crippen LogP contribution in [-0.2, 0) is 6.42 Å². The lowest BCUT2D eigenvalue weighted by Gasteiger charge is -2.22. The Morgan fingerprint density at radius 2 is 1.97 bits per heavy atom. The predicted molar refractivity (Wildman–Crippen MR) is 119 cm³/mol. The molecule has 3 aromatic rings. The molecule has 1 aliphatic heterocycles. The second-order valence-corrected chi connectivity index (χ2v) is 8.09. The zero-order valence-electron chi connectivity index (χ0n) is 16.5. The van der Waals surface area contributed by atoms with Crippen LogP contribution in [0.1, 0.15) is 38.7 Å². The number of nitrogens with zero attached hydrogens (tertiary/aromatic N) is 1. The second-order valence-electron chi connectivity index (χ2n) is 7.24. The molecule has 0 spiro atoms. The Kier molecular flexibility index (Phi) is 5.85. The molecule has 158 valence electrons. The molecule has 1 heterocycles. The number of hydrogen-bond donors (Lipinski definition) is 1. The lowest BCUT2D eigenvalue weighted by Crippen LogP contribution is -2.30. The van der Waals surface area contributed by atoms with E-state index in [-0.39, 0.29) is 11.3 Å². The van der Waals surface area contributed by atoms with Gasteiger partial charge in [-0.25, -0.2) is 0 Å². The maximum atomic E-state index is 13.2. The molecule has 0 aliphatic carbocycles. The number of nitrogens with one attached hydrogen (secondary N) is 1. The zero-order chi connectivity index (χ0) is 22.1. The first kappa shape index (κ1) is 21.2. The van der Waals surface area contributed by atoms with Crippen molar-refractivity contribution in [2.75, 3.05) is 6.61 Å². The van der Waals surface area contributed by atoms with Gasteiger partial charge in [-0.1, -0.05) is 35.3 Å². The third kappa shape index (κ3) is 4.22. The van der Waals surface area contributed by atoms with E-state index in [1.165, 1.54) is 12.1 Å². The van der Waals surface area contributed by atoms with E-state index in [0.717, 1.165) is 23.3 Å². The highest BCUT2D eigenvalue weighted by Crippen LogP contribution is 2.35. The van der Waals surface area contributed by atoms with Gasteiger partial charge >= 0.3 is 0 Å². The number of carbonyl (C=O) groups excluding carboxylic acids is 1. The van der Waals surface area contributed by atoms with Gasteiger partial charge in [0.05, 0.1) is 17.6 Å². The molecular weight excluding hydrogens is 439 g/mol. The van der Waals surface area contributed by atoms with Gasteiger partial charge in [0, 0.05) is 33.7 Å². The first-order chi connectivity index (χ1) is 14.8. The fourth-order valence-corrected chi connectivity index (χ4v) is 4.15. The van der Waals surface area contributed by atoms with Crippen LogP contribution in [-0.4, -0.2) is 17.4 Å². The van der Waals surface area contributed by atoms with E-state index in [1.54, 1.807) is 31.2 Å². The highest BCUT2D eigenvalue weighted by Gasteiger charge is 2.25. The van der Waals surface area contributed by atoms with Crippen molar-refractivity contribution >= 4 is 34.8 Å². The highest BCUT2D eigenvalue weighted by atomic mass is 35.5. The fraction of sp³-hybridized carbons (Fsp3) is 0.174. The van der Waals surface area contributed by atoms with Crippen LogP contribution in [0.15, 0.2) is 54.6 Å². The van der Waals surface area contributed by atoms with Gasteiger partial charge in [-0.2, -0.15) is 0 Å². The van der Waals surface area contributed by atoms with Gasteiger partial charge in [-0.05, 0) is 60.0 Å². The van der Waals surface area contributed by atoms with E-state index in [1.807, 2.05) is 18.2 Å². The summed E-state index contributed by atoms with van der Waals surface area (Å²) < 4.78 is 5.59. The predicted octanol–water partition coefficient (Wildman–Crippen LogP) is 5.66. The van der Waals surface area contributed by atoms with Crippen molar-refractivity contribution in [3.05, 3.63) is 103 Å². The molecule has 8 heteroatoms. The Hall–Kier alpha value is -3.09. The minimum atomic E-state index is -0.608. The van der Waals surface area contributed by atoms with Crippen LogP contribution >= 0.6 is 23.2 Å². The van der Waals surface area contributed by atoms with Crippen molar-refractivity contribution < 1.29 is 14.5 Å². The lowest BCUT2D eigenvalue weighted by atomic mass is 9.95. The molecule has 0 saturated heterocycles. The summed E-state index contributed by atoms with van der Waals surface area (Å²) in [6.07, 6.45) is 0.775. The third-order valence-electron chi connectivity index (χ3n) is 5.34. The molecule has 1 amide bonds. The highest BCUT2D eigenvalue weighted by molar-refractivity contribution is 6.33. The quantitative estimate of drug-likeness (QED) is 0.396. The van der Waals surface area contributed by atoms with Gasteiger partial charge in [-0.15, -0.1) is 0 Å². The first-order valence-corrected chi connectivity index (χ1v) is 10.4. The maximum Gasteiger partial charge on any atom is 0.273 e. The number of ether oxygens (including phenoxy) is 1. The average molecular weight is 457 g/mol. The molecule has 1 atom stereocenters. The minimum absolute atomic E-state index is 0.111. The van der Waals surface area contributed by atoms with Crippen molar-refractivity contribution in [3.63, 3.8) is 0 Å². The van der Waals surface area contributed by atoms with Crippen molar-refractivity contribution in [1.82, 2.24) is 5.32 Å². The van der Waals surface area contributed by atoms with E-state index in [2.05, 4.69) is 5.32 Å². The summed E-state index contributed by atoms with van der Waals surface area (Å²) >= 11 is 12.7. The molecule has 1 aliphatic rings. The molecule has 3 aromatic carbocycles. The normalized spacial score (nSPS) is 13.3. The van der Waals surface area contributed by atoms with Crippen molar-refractivity contribution in [2.24, 2.45) is 0 Å². The van der Waals surface area contributed by atoms with E-state index in [4.69, 9.17) is 27.9 Å². The Morgan fingerprint density at radius 1 is 1.16 bits per heavy atom. The average Bonchev–Trinajstić information content (AvgIpc) is 3.21. The van der Waals surface area contributed by atoms with Crippen LogP contribution in [0.4, 0.5) is 5.69 Å². The summed E-state index contributed by atoms with van der Waals surface area (Å²) in [5.74, 6) is 0.375. The SMILES string of the molecule is Cc1c(C(=O)NC(c2ccc3c(c2)CCO3)c2cc(Cl)ccc2Cl)cccc1[N+](=O)[O-]. The molecule has 1 unspecified atom stereocenters. The Labute approximate surface area is 188 Å². The number of fused-ring (bicyclic) bond motifs is 1. The van der Waals surface area contributed by atoms with Gasteiger partial charge in [-0.3, -0.25) is 14.9 Å². The Morgan fingerprint density at radius 3 is 2.74 bits per heavy atom. The lowest BCUT2D eigenvalue weighted by molar-refractivity contribution is -0.385. The van der Waals surface area contributed by atoms with Gasteiger partial charge in [0.25, 0.3) is 11.6 Å². The molecule has 0 saturated carbocycles. The van der Waals surface area contributed by atoms with Gasteiger partial charge in [0.15, 0.2) is 0 Å². The molecule has 1 N–H and O–H groups in total. The van der Waals surface area contributed by atoms with E-state index < -0.39 is 16.9 Å². The summed E-state index contributed by atoms with van der Waals surface area (Å²) in [6.45, 7) is 2.17. The topological polar surface area (TPSA) is 81.5 Å². The van der Waals surface area contributed by atoms with Gasteiger partial charge in [0.2, 0.25) is 0 Å². The number of carbonyl (C=O) groups is 1. The van der Waals surface area contributed by atoms with Gasteiger partial charge < -0.3 is 10.1 Å². The first-order valence-electron chi connectivity index (χ1n) is 9.60. The van der Waals surface area contributed by atoms with E-state index >= 15 is 0 Å². The summed E-state index contributed by atoms with van der Waals surface area (Å²) in [5, 5.41) is 15.2. The van der Waals surface area contributed by atoms with E-state index in [0.29, 0.717) is 27.8 Å². The molecule has 0 fully saturated rings. The number of nitro benzene ring substituents is 1. The van der Waals surface area contributed by atoms with Crippen molar-refractivity contribution in [1.29, 1.82) is 0 Å². The van der Waals surface area contributed by atoms with Crippen LogP contribution < -0.4 is 10.1 Å². The molecule has 0 aromatic heterocycles. The maximum absolute atomic E-state index is 13.2. The molecular formula is C23H18Cl2N2O4.